The number of hydrogen-bond acceptors (Lipinski definition) is 5. The average molecular weight is 324 g/mol. The van der Waals surface area contributed by atoms with E-state index in [1.807, 2.05) is 19.1 Å². The summed E-state index contributed by atoms with van der Waals surface area (Å²) in [5, 5.41) is 0. The van der Waals surface area contributed by atoms with Gasteiger partial charge >= 0.3 is 0 Å². The number of nitrogens with zero attached hydrogens (tertiary/aromatic N) is 2. The van der Waals surface area contributed by atoms with Crippen molar-refractivity contribution >= 4 is 21.7 Å². The summed E-state index contributed by atoms with van der Waals surface area (Å²) >= 11 is 3.43. The lowest BCUT2D eigenvalue weighted by Crippen LogP contribution is -2.02. The van der Waals surface area contributed by atoms with Crippen LogP contribution in [0.5, 0.6) is 17.4 Å². The summed E-state index contributed by atoms with van der Waals surface area (Å²) in [6.45, 7) is 1.98. The predicted molar refractivity (Wildman–Crippen MR) is 76.6 cm³/mol. The summed E-state index contributed by atoms with van der Waals surface area (Å²) in [6, 6.07) is 5.45. The zero-order valence-electron chi connectivity index (χ0n) is 10.7. The van der Waals surface area contributed by atoms with Crippen molar-refractivity contribution in [2.45, 2.75) is 13.3 Å². The highest BCUT2D eigenvalue weighted by molar-refractivity contribution is 9.10. The van der Waals surface area contributed by atoms with Gasteiger partial charge in [-0.1, -0.05) is 6.92 Å². The summed E-state index contributed by atoms with van der Waals surface area (Å²) in [4.78, 5) is 8.08. The van der Waals surface area contributed by atoms with Gasteiger partial charge in [0, 0.05) is 0 Å². The van der Waals surface area contributed by atoms with Gasteiger partial charge in [-0.05, 0) is 40.5 Å². The van der Waals surface area contributed by atoms with Crippen molar-refractivity contribution in [3.05, 3.63) is 34.6 Å². The fraction of sp³-hybridized carbons (Fsp3) is 0.231. The lowest BCUT2D eigenvalue weighted by Gasteiger charge is -2.11. The molecule has 1 heterocycles. The molecule has 0 amide bonds. The number of rotatable bonds is 4. The Balaban J connectivity index is 2.34. The minimum atomic E-state index is 0.442. The predicted octanol–water partition coefficient (Wildman–Crippen LogP) is 3.18. The Bertz CT molecular complexity index is 590. The van der Waals surface area contributed by atoms with Gasteiger partial charge in [-0.2, -0.15) is 0 Å². The van der Waals surface area contributed by atoms with E-state index in [4.69, 9.17) is 15.2 Å². The average Bonchev–Trinajstić information content (AvgIpc) is 2.41. The third-order valence-electron chi connectivity index (χ3n) is 2.64. The largest absolute Gasteiger partial charge is 0.497 e. The summed E-state index contributed by atoms with van der Waals surface area (Å²) in [5.74, 6) is 2.31. The van der Waals surface area contributed by atoms with E-state index in [-0.39, 0.29) is 0 Å². The van der Waals surface area contributed by atoms with Crippen molar-refractivity contribution in [2.24, 2.45) is 0 Å². The first-order chi connectivity index (χ1) is 9.15. The third-order valence-corrected chi connectivity index (χ3v) is 3.26. The van der Waals surface area contributed by atoms with Crippen LogP contribution in [-0.2, 0) is 6.42 Å². The number of methoxy groups -OCH3 is 1. The zero-order chi connectivity index (χ0) is 13.8. The van der Waals surface area contributed by atoms with Crippen LogP contribution in [0.1, 0.15) is 12.5 Å². The van der Waals surface area contributed by atoms with Gasteiger partial charge < -0.3 is 15.2 Å². The van der Waals surface area contributed by atoms with Crippen LogP contribution in [0, 0.1) is 0 Å². The second-order valence-corrected chi connectivity index (χ2v) is 4.65. The van der Waals surface area contributed by atoms with Crippen molar-refractivity contribution in [2.75, 3.05) is 12.8 Å². The van der Waals surface area contributed by atoms with Gasteiger partial charge in [0.05, 0.1) is 17.1 Å². The standard InChI is InChI=1S/C13H14BrN3O2/c1-3-9-12(15)16-7-17-13(9)19-11-5-4-8(18-2)6-10(11)14/h4-7H,3H2,1-2H3,(H2,15,16,17). The molecule has 0 unspecified atom stereocenters. The van der Waals surface area contributed by atoms with E-state index in [9.17, 15) is 0 Å². The minimum Gasteiger partial charge on any atom is -0.497 e. The number of nitrogen functional groups attached to an aromatic ring is 1. The second-order valence-electron chi connectivity index (χ2n) is 3.79. The van der Waals surface area contributed by atoms with Crippen LogP contribution in [0.25, 0.3) is 0 Å². The molecule has 0 bridgehead atoms. The zero-order valence-corrected chi connectivity index (χ0v) is 12.3. The number of nitrogens with two attached hydrogens (primary N) is 1. The van der Waals surface area contributed by atoms with Gasteiger partial charge in [0.1, 0.15) is 23.6 Å². The van der Waals surface area contributed by atoms with Crippen LogP contribution >= 0.6 is 15.9 Å². The number of aromatic nitrogens is 2. The smallest absolute Gasteiger partial charge is 0.227 e. The molecule has 2 aromatic rings. The van der Waals surface area contributed by atoms with Gasteiger partial charge in [0.25, 0.3) is 0 Å². The highest BCUT2D eigenvalue weighted by Gasteiger charge is 2.11. The molecule has 0 spiro atoms. The van der Waals surface area contributed by atoms with Crippen LogP contribution in [0.3, 0.4) is 0 Å². The Morgan fingerprint density at radius 3 is 2.74 bits per heavy atom. The molecule has 1 aromatic heterocycles. The molecule has 2 N–H and O–H groups in total. The fourth-order valence-electron chi connectivity index (χ4n) is 1.62. The van der Waals surface area contributed by atoms with Crippen LogP contribution < -0.4 is 15.2 Å². The molecule has 0 saturated carbocycles. The monoisotopic (exact) mass is 323 g/mol. The van der Waals surface area contributed by atoms with Gasteiger partial charge in [0.15, 0.2) is 0 Å². The van der Waals surface area contributed by atoms with Crippen LogP contribution in [-0.4, -0.2) is 17.1 Å². The SMILES string of the molecule is CCc1c(N)ncnc1Oc1ccc(OC)cc1Br. The summed E-state index contributed by atoms with van der Waals surface area (Å²) in [5.41, 5.74) is 6.60. The van der Waals surface area contributed by atoms with E-state index < -0.39 is 0 Å². The molecule has 100 valence electrons. The molecule has 2 rings (SSSR count). The minimum absolute atomic E-state index is 0.442. The van der Waals surface area contributed by atoms with E-state index in [1.54, 1.807) is 13.2 Å². The van der Waals surface area contributed by atoms with Crippen LogP contribution in [0.15, 0.2) is 29.0 Å². The first-order valence-electron chi connectivity index (χ1n) is 5.76. The molecule has 5 nitrogen and oxygen atoms in total. The maximum atomic E-state index is 5.81. The van der Waals surface area contributed by atoms with Gasteiger partial charge in [-0.3, -0.25) is 0 Å². The second kappa shape index (κ2) is 5.88. The van der Waals surface area contributed by atoms with E-state index in [0.29, 0.717) is 23.9 Å². The highest BCUT2D eigenvalue weighted by Crippen LogP contribution is 2.33. The molecule has 19 heavy (non-hydrogen) atoms. The highest BCUT2D eigenvalue weighted by atomic mass is 79.9. The van der Waals surface area contributed by atoms with Gasteiger partial charge in [0.2, 0.25) is 5.88 Å². The molecule has 0 atom stereocenters. The van der Waals surface area contributed by atoms with E-state index >= 15 is 0 Å². The van der Waals surface area contributed by atoms with Crippen molar-refractivity contribution in [3.63, 3.8) is 0 Å². The Labute approximate surface area is 119 Å². The molecule has 6 heteroatoms. The summed E-state index contributed by atoms with van der Waals surface area (Å²) in [7, 11) is 1.61. The lowest BCUT2D eigenvalue weighted by atomic mass is 10.2. The van der Waals surface area contributed by atoms with Crippen molar-refractivity contribution in [1.82, 2.24) is 9.97 Å². The Kier molecular flexibility index (Phi) is 4.21. The van der Waals surface area contributed by atoms with Crippen LogP contribution in [0.2, 0.25) is 0 Å². The fourth-order valence-corrected chi connectivity index (χ4v) is 2.06. The summed E-state index contributed by atoms with van der Waals surface area (Å²) in [6.07, 6.45) is 2.09. The summed E-state index contributed by atoms with van der Waals surface area (Å²) < 4.78 is 11.7. The molecule has 0 radical (unpaired) electrons. The lowest BCUT2D eigenvalue weighted by molar-refractivity contribution is 0.411. The first kappa shape index (κ1) is 13.6. The molecule has 0 aliphatic carbocycles. The van der Waals surface area contributed by atoms with Crippen molar-refractivity contribution in [3.8, 4) is 17.4 Å². The molecular weight excluding hydrogens is 310 g/mol. The normalized spacial score (nSPS) is 10.3. The van der Waals surface area contributed by atoms with E-state index in [2.05, 4.69) is 25.9 Å². The first-order valence-corrected chi connectivity index (χ1v) is 6.55. The number of ether oxygens (including phenoxy) is 2. The van der Waals surface area contributed by atoms with Crippen molar-refractivity contribution in [1.29, 1.82) is 0 Å². The Hall–Kier alpha value is -1.82. The topological polar surface area (TPSA) is 70.3 Å². The Morgan fingerprint density at radius 1 is 1.32 bits per heavy atom. The van der Waals surface area contributed by atoms with E-state index in [1.165, 1.54) is 6.33 Å². The Morgan fingerprint density at radius 2 is 2.11 bits per heavy atom. The maximum absolute atomic E-state index is 5.81. The molecule has 0 aliphatic heterocycles. The van der Waals surface area contributed by atoms with Crippen molar-refractivity contribution < 1.29 is 9.47 Å². The number of benzene rings is 1. The van der Waals surface area contributed by atoms with Gasteiger partial charge in [-0.25, -0.2) is 9.97 Å². The maximum Gasteiger partial charge on any atom is 0.227 e. The quantitative estimate of drug-likeness (QED) is 0.935. The van der Waals surface area contributed by atoms with Gasteiger partial charge in [-0.15, -0.1) is 0 Å². The molecule has 0 saturated heterocycles. The third kappa shape index (κ3) is 2.96. The molecule has 0 fully saturated rings. The number of hydrogen-bond donors (Lipinski definition) is 1. The number of halogens is 1. The van der Waals surface area contributed by atoms with E-state index in [0.717, 1.165) is 15.8 Å². The molecule has 1 aromatic carbocycles. The molecular formula is C13H14BrN3O2. The van der Waals surface area contributed by atoms with Crippen LogP contribution in [0.4, 0.5) is 5.82 Å². The molecule has 0 aliphatic rings. The number of anilines is 1.